The molecule has 3 aromatic rings. The monoisotopic (exact) mass is 424 g/mol. The highest BCUT2D eigenvalue weighted by Gasteiger charge is 2.28. The molecule has 1 saturated heterocycles. The van der Waals surface area contributed by atoms with Gasteiger partial charge in [0.2, 0.25) is 0 Å². The van der Waals surface area contributed by atoms with Crippen LogP contribution in [0, 0.1) is 0 Å². The maximum atomic E-state index is 12.4. The fourth-order valence-electron chi connectivity index (χ4n) is 3.81. The molecule has 31 heavy (non-hydrogen) atoms. The van der Waals surface area contributed by atoms with Crippen molar-refractivity contribution in [2.24, 2.45) is 7.05 Å². The molecular formula is C20H20N6O5. The third-order valence-electron chi connectivity index (χ3n) is 5.40. The first-order chi connectivity index (χ1) is 15.0. The van der Waals surface area contributed by atoms with Crippen molar-refractivity contribution in [2.45, 2.75) is 18.9 Å². The molecule has 0 aromatic carbocycles. The van der Waals surface area contributed by atoms with Crippen LogP contribution in [0.15, 0.2) is 35.4 Å². The summed E-state index contributed by atoms with van der Waals surface area (Å²) in [5, 5.41) is 7.22. The minimum Gasteiger partial charge on any atom is -0.488 e. The molecule has 0 amide bonds. The quantitative estimate of drug-likeness (QED) is 0.470. The lowest BCUT2D eigenvalue weighted by atomic mass is 10.2. The van der Waals surface area contributed by atoms with Gasteiger partial charge in [0.05, 0.1) is 12.1 Å². The summed E-state index contributed by atoms with van der Waals surface area (Å²) in [6.07, 6.45) is 4.54. The van der Waals surface area contributed by atoms with Gasteiger partial charge >= 0.3 is 17.6 Å². The Labute approximate surface area is 176 Å². The number of fused-ring (bicyclic) bond motifs is 2. The van der Waals surface area contributed by atoms with E-state index in [4.69, 9.17) is 9.47 Å². The molecule has 1 fully saturated rings. The van der Waals surface area contributed by atoms with Crippen LogP contribution in [-0.4, -0.2) is 56.8 Å². The van der Waals surface area contributed by atoms with Crippen LogP contribution >= 0.6 is 0 Å². The van der Waals surface area contributed by atoms with Crippen molar-refractivity contribution < 1.29 is 19.1 Å². The summed E-state index contributed by atoms with van der Waals surface area (Å²) in [7, 11) is 1.59. The van der Waals surface area contributed by atoms with Crippen molar-refractivity contribution in [1.29, 1.82) is 0 Å². The van der Waals surface area contributed by atoms with E-state index in [0.29, 0.717) is 36.8 Å². The summed E-state index contributed by atoms with van der Waals surface area (Å²) >= 11 is 0. The van der Waals surface area contributed by atoms with Crippen molar-refractivity contribution in [3.05, 3.63) is 46.6 Å². The van der Waals surface area contributed by atoms with Crippen LogP contribution in [0.5, 0.6) is 5.75 Å². The van der Waals surface area contributed by atoms with Gasteiger partial charge in [-0.05, 0) is 25.5 Å². The predicted molar refractivity (Wildman–Crippen MR) is 109 cm³/mol. The fraction of sp³-hybridized carbons (Fsp3) is 0.350. The first-order valence-electron chi connectivity index (χ1n) is 9.96. The first kappa shape index (κ1) is 19.2. The van der Waals surface area contributed by atoms with Crippen LogP contribution in [-0.2, 0) is 16.6 Å². The Kier molecular flexibility index (Phi) is 4.66. The minimum atomic E-state index is -0.760. The van der Waals surface area contributed by atoms with E-state index in [0.717, 1.165) is 18.7 Å². The summed E-state index contributed by atoms with van der Waals surface area (Å²) in [4.78, 5) is 42.8. The number of esters is 2. The average molecular weight is 424 g/mol. The highest BCUT2D eigenvalue weighted by molar-refractivity contribution is 5.98. The number of aryl methyl sites for hydroxylation is 1. The molecular weight excluding hydrogens is 404 g/mol. The van der Waals surface area contributed by atoms with Crippen LogP contribution in [0.2, 0.25) is 0 Å². The molecule has 3 aromatic heterocycles. The smallest absolute Gasteiger partial charge is 0.350 e. The maximum Gasteiger partial charge on any atom is 0.350 e. The van der Waals surface area contributed by atoms with E-state index in [-0.39, 0.29) is 11.3 Å². The number of carbonyl (C=O) groups is 2. The van der Waals surface area contributed by atoms with E-state index < -0.39 is 18.0 Å². The Balaban J connectivity index is 1.40. The molecule has 0 radical (unpaired) electrons. The zero-order chi connectivity index (χ0) is 21.5. The van der Waals surface area contributed by atoms with Gasteiger partial charge in [0, 0.05) is 37.3 Å². The van der Waals surface area contributed by atoms with Gasteiger partial charge in [-0.3, -0.25) is 4.40 Å². The molecule has 0 saturated carbocycles. The standard InChI is InChI=1S/C20H20N6O5/c1-24-20(29)26-6-4-13(10-16(26)23-24)25-7-8-30-15-9-12(11-22-17(15)25)18(27)31-19(28)14-3-2-5-21-14/h4,6,9-11,14,21H,2-3,5,7-8H2,1H3/t14-/m0/s1. The van der Waals surface area contributed by atoms with E-state index >= 15 is 0 Å². The molecule has 11 heteroatoms. The maximum absolute atomic E-state index is 12.4. The summed E-state index contributed by atoms with van der Waals surface area (Å²) in [5.41, 5.74) is 1.21. The van der Waals surface area contributed by atoms with Crippen LogP contribution in [0.3, 0.4) is 0 Å². The van der Waals surface area contributed by atoms with Crippen molar-refractivity contribution in [2.75, 3.05) is 24.6 Å². The lowest BCUT2D eigenvalue weighted by Crippen LogP contribution is -2.34. The van der Waals surface area contributed by atoms with Crippen LogP contribution in [0.25, 0.3) is 5.65 Å². The number of pyridine rings is 2. The van der Waals surface area contributed by atoms with Crippen LogP contribution in [0.4, 0.5) is 11.5 Å². The fourth-order valence-corrected chi connectivity index (χ4v) is 3.81. The summed E-state index contributed by atoms with van der Waals surface area (Å²) in [6.45, 7) is 1.64. The first-order valence-corrected chi connectivity index (χ1v) is 9.96. The third-order valence-corrected chi connectivity index (χ3v) is 5.40. The molecule has 11 nitrogen and oxygen atoms in total. The van der Waals surface area contributed by atoms with Gasteiger partial charge < -0.3 is 19.7 Å². The molecule has 1 atom stereocenters. The second-order valence-corrected chi connectivity index (χ2v) is 7.42. The number of carbonyl (C=O) groups excluding carboxylic acids is 2. The third kappa shape index (κ3) is 3.42. The number of hydrogen-bond acceptors (Lipinski definition) is 9. The van der Waals surface area contributed by atoms with Gasteiger partial charge in [0.1, 0.15) is 12.6 Å². The lowest BCUT2D eigenvalue weighted by Gasteiger charge is -2.30. The van der Waals surface area contributed by atoms with Crippen molar-refractivity contribution in [3.8, 4) is 5.75 Å². The number of nitrogens with one attached hydrogen (secondary N) is 1. The zero-order valence-corrected chi connectivity index (χ0v) is 16.8. The van der Waals surface area contributed by atoms with Gasteiger partial charge in [0.25, 0.3) is 0 Å². The van der Waals surface area contributed by atoms with E-state index in [1.807, 2.05) is 4.90 Å². The van der Waals surface area contributed by atoms with Crippen molar-refractivity contribution in [1.82, 2.24) is 24.5 Å². The second-order valence-electron chi connectivity index (χ2n) is 7.42. The number of aromatic nitrogens is 4. The topological polar surface area (TPSA) is 120 Å². The van der Waals surface area contributed by atoms with E-state index in [1.54, 1.807) is 25.4 Å². The Bertz CT molecular complexity index is 1240. The molecule has 2 aliphatic heterocycles. The Morgan fingerprint density at radius 1 is 1.32 bits per heavy atom. The number of nitrogens with zero attached hydrogens (tertiary/aromatic N) is 5. The number of hydrogen-bond donors (Lipinski definition) is 1. The lowest BCUT2D eigenvalue weighted by molar-refractivity contribution is -0.139. The highest BCUT2D eigenvalue weighted by atomic mass is 16.6. The molecule has 0 unspecified atom stereocenters. The normalized spacial score (nSPS) is 18.0. The van der Waals surface area contributed by atoms with Crippen LogP contribution < -0.4 is 20.6 Å². The molecule has 2 aliphatic rings. The van der Waals surface area contributed by atoms with E-state index in [9.17, 15) is 14.4 Å². The summed E-state index contributed by atoms with van der Waals surface area (Å²) in [5.74, 6) is -0.412. The van der Waals surface area contributed by atoms with Crippen molar-refractivity contribution >= 4 is 29.1 Å². The summed E-state index contributed by atoms with van der Waals surface area (Å²) in [6, 6.07) is 4.65. The van der Waals surface area contributed by atoms with Gasteiger partial charge in [-0.25, -0.2) is 24.0 Å². The predicted octanol–water partition coefficient (Wildman–Crippen LogP) is 0.394. The molecule has 1 N–H and O–H groups in total. The van der Waals surface area contributed by atoms with Gasteiger partial charge in [-0.15, -0.1) is 0 Å². The largest absolute Gasteiger partial charge is 0.488 e. The Morgan fingerprint density at radius 2 is 2.19 bits per heavy atom. The molecule has 5 rings (SSSR count). The molecule has 160 valence electrons. The second kappa shape index (κ2) is 7.51. The Hall–Kier alpha value is -3.73. The zero-order valence-electron chi connectivity index (χ0n) is 16.8. The Morgan fingerprint density at radius 3 is 3.00 bits per heavy atom. The molecule has 0 aliphatic carbocycles. The number of ether oxygens (including phenoxy) is 2. The minimum absolute atomic E-state index is 0.138. The average Bonchev–Trinajstić information content (AvgIpc) is 3.41. The van der Waals surface area contributed by atoms with E-state index in [2.05, 4.69) is 15.4 Å². The van der Waals surface area contributed by atoms with E-state index in [1.165, 1.54) is 21.3 Å². The SMILES string of the molecule is Cn1nc2cc(N3CCOc4cc(C(=O)OC(=O)[C@@H]5CCCN5)cnc43)ccn2c1=O. The van der Waals surface area contributed by atoms with Crippen molar-refractivity contribution in [3.63, 3.8) is 0 Å². The van der Waals surface area contributed by atoms with Gasteiger partial charge in [0.15, 0.2) is 17.2 Å². The number of anilines is 2. The van der Waals surface area contributed by atoms with Gasteiger partial charge in [-0.2, -0.15) is 5.10 Å². The summed E-state index contributed by atoms with van der Waals surface area (Å²) < 4.78 is 13.4. The van der Waals surface area contributed by atoms with Crippen LogP contribution in [0.1, 0.15) is 23.2 Å². The highest BCUT2D eigenvalue weighted by Crippen LogP contribution is 2.35. The van der Waals surface area contributed by atoms with Gasteiger partial charge in [-0.1, -0.05) is 0 Å². The molecule has 0 spiro atoms. The number of rotatable bonds is 3. The molecule has 5 heterocycles. The molecule has 0 bridgehead atoms.